The number of thiol groups is 1. The van der Waals surface area contributed by atoms with Crippen LogP contribution in [0.5, 0.6) is 0 Å². The molecular formula is C26H24O3S2. The third-order valence-electron chi connectivity index (χ3n) is 4.91. The minimum Gasteiger partial charge on any atom is -0.282 e. The first-order chi connectivity index (χ1) is 14.8. The molecule has 158 valence electrons. The molecule has 1 N–H and O–H groups in total. The second kappa shape index (κ2) is 9.96. The van der Waals surface area contributed by atoms with Crippen LogP contribution in [0, 0.1) is 13.8 Å². The molecule has 0 bridgehead atoms. The average molecular weight is 449 g/mol. The minimum absolute atomic E-state index is 0.0666. The summed E-state index contributed by atoms with van der Waals surface area (Å²) >= 11 is 4.64. The fraction of sp³-hybridized carbons (Fsp3) is 0.0769. The van der Waals surface area contributed by atoms with Crippen molar-refractivity contribution in [3.05, 3.63) is 108 Å². The molecule has 0 aliphatic heterocycles. The van der Waals surface area contributed by atoms with E-state index in [0.29, 0.717) is 0 Å². The summed E-state index contributed by atoms with van der Waals surface area (Å²) in [6, 6.07) is 31.2. The van der Waals surface area contributed by atoms with Crippen LogP contribution in [0.25, 0.3) is 22.3 Å². The Kier molecular flexibility index (Phi) is 7.33. The van der Waals surface area contributed by atoms with Crippen molar-refractivity contribution in [1.82, 2.24) is 0 Å². The lowest BCUT2D eigenvalue weighted by molar-refractivity contribution is 0.483. The summed E-state index contributed by atoms with van der Waals surface area (Å²) < 4.78 is 29.6. The Hall–Kier alpha value is -2.86. The van der Waals surface area contributed by atoms with Gasteiger partial charge in [-0.15, -0.1) is 12.6 Å². The third-order valence-corrected chi connectivity index (χ3v) is 6.15. The lowest BCUT2D eigenvalue weighted by atomic mass is 9.93. The molecule has 31 heavy (non-hydrogen) atoms. The van der Waals surface area contributed by atoms with E-state index in [0.717, 1.165) is 10.5 Å². The van der Waals surface area contributed by atoms with E-state index in [2.05, 4.69) is 80.2 Å². The largest absolute Gasteiger partial charge is 0.294 e. The van der Waals surface area contributed by atoms with Gasteiger partial charge in [-0.3, -0.25) is 4.55 Å². The van der Waals surface area contributed by atoms with Crippen molar-refractivity contribution < 1.29 is 13.0 Å². The molecular weight excluding hydrogens is 424 g/mol. The molecule has 0 aliphatic rings. The number of aryl methyl sites for hydroxylation is 1. The zero-order valence-corrected chi connectivity index (χ0v) is 19.1. The van der Waals surface area contributed by atoms with E-state index >= 15 is 0 Å². The Labute approximate surface area is 189 Å². The topological polar surface area (TPSA) is 54.4 Å². The van der Waals surface area contributed by atoms with Crippen molar-refractivity contribution in [3.8, 4) is 22.3 Å². The lowest BCUT2D eigenvalue weighted by Gasteiger charge is -2.14. The number of hydrogen-bond acceptors (Lipinski definition) is 3. The molecule has 0 amide bonds. The summed E-state index contributed by atoms with van der Waals surface area (Å²) in [5.41, 5.74) is 7.17. The van der Waals surface area contributed by atoms with E-state index in [4.69, 9.17) is 4.55 Å². The molecule has 4 aromatic carbocycles. The van der Waals surface area contributed by atoms with Crippen LogP contribution in [0.3, 0.4) is 0 Å². The predicted molar refractivity (Wildman–Crippen MR) is 130 cm³/mol. The summed E-state index contributed by atoms with van der Waals surface area (Å²) in [6.07, 6.45) is 0. The van der Waals surface area contributed by atoms with Gasteiger partial charge in [0.15, 0.2) is 0 Å². The van der Waals surface area contributed by atoms with Gasteiger partial charge >= 0.3 is 0 Å². The van der Waals surface area contributed by atoms with Gasteiger partial charge in [-0.25, -0.2) is 0 Å². The molecule has 4 aromatic rings. The van der Waals surface area contributed by atoms with Gasteiger partial charge in [-0.1, -0.05) is 84.4 Å². The van der Waals surface area contributed by atoms with Gasteiger partial charge in [-0.2, -0.15) is 8.42 Å². The second-order valence-corrected chi connectivity index (χ2v) is 9.06. The Morgan fingerprint density at radius 1 is 0.677 bits per heavy atom. The van der Waals surface area contributed by atoms with Crippen molar-refractivity contribution in [2.24, 2.45) is 0 Å². The molecule has 0 aromatic heterocycles. The molecule has 0 fully saturated rings. The van der Waals surface area contributed by atoms with Crippen LogP contribution in [-0.2, 0) is 10.1 Å². The predicted octanol–water partition coefficient (Wildman–Crippen LogP) is 6.86. The van der Waals surface area contributed by atoms with Crippen molar-refractivity contribution in [1.29, 1.82) is 0 Å². The molecule has 0 spiro atoms. The maximum atomic E-state index is 10.5. The standard InChI is InChI=1S/C19H16S.C7H8O3S/c1-14-17(15-8-4-2-5-9-15)12-13-18(20)19(14)16-10-6-3-7-11-16;1-6-2-4-7(5-3-6)11(8,9)10/h2-13,20H,1H3;2-5H,1H3,(H,8,9,10). The average Bonchev–Trinajstić information content (AvgIpc) is 2.75. The van der Waals surface area contributed by atoms with Crippen LogP contribution in [0.1, 0.15) is 11.1 Å². The zero-order chi connectivity index (χ0) is 22.4. The van der Waals surface area contributed by atoms with Crippen LogP contribution in [0.2, 0.25) is 0 Å². The first-order valence-electron chi connectivity index (χ1n) is 9.75. The fourth-order valence-electron chi connectivity index (χ4n) is 3.31. The van der Waals surface area contributed by atoms with E-state index in [1.165, 1.54) is 39.9 Å². The highest BCUT2D eigenvalue weighted by Gasteiger charge is 2.11. The maximum Gasteiger partial charge on any atom is 0.294 e. The Balaban J connectivity index is 0.000000210. The SMILES string of the molecule is Cc1c(-c2ccccc2)ccc(S)c1-c1ccccc1.Cc1ccc(S(=O)(=O)O)cc1. The van der Waals surface area contributed by atoms with Gasteiger partial charge in [0.2, 0.25) is 0 Å². The first kappa shape index (κ1) is 22.8. The van der Waals surface area contributed by atoms with E-state index in [9.17, 15) is 8.42 Å². The lowest BCUT2D eigenvalue weighted by Crippen LogP contribution is -1.96. The Morgan fingerprint density at radius 2 is 1.19 bits per heavy atom. The highest BCUT2D eigenvalue weighted by atomic mass is 32.2. The quantitative estimate of drug-likeness (QED) is 0.266. The third kappa shape index (κ3) is 5.85. The smallest absolute Gasteiger partial charge is 0.282 e. The molecule has 5 heteroatoms. The van der Waals surface area contributed by atoms with Gasteiger partial charge in [0.05, 0.1) is 4.90 Å². The molecule has 0 heterocycles. The van der Waals surface area contributed by atoms with E-state index in [1.54, 1.807) is 12.1 Å². The van der Waals surface area contributed by atoms with Crippen molar-refractivity contribution >= 4 is 22.7 Å². The van der Waals surface area contributed by atoms with Crippen molar-refractivity contribution in [2.75, 3.05) is 0 Å². The van der Waals surface area contributed by atoms with Gasteiger partial charge in [-0.05, 0) is 59.9 Å². The van der Waals surface area contributed by atoms with E-state index in [1.807, 2.05) is 19.1 Å². The summed E-state index contributed by atoms with van der Waals surface area (Å²) in [4.78, 5) is 0.955. The summed E-state index contributed by atoms with van der Waals surface area (Å²) in [6.45, 7) is 4.01. The van der Waals surface area contributed by atoms with Crippen molar-refractivity contribution in [3.63, 3.8) is 0 Å². The Morgan fingerprint density at radius 3 is 1.71 bits per heavy atom. The van der Waals surface area contributed by atoms with E-state index < -0.39 is 10.1 Å². The molecule has 4 rings (SSSR count). The summed E-state index contributed by atoms with van der Waals surface area (Å²) in [5.74, 6) is 0. The minimum atomic E-state index is -4.02. The first-order valence-corrected chi connectivity index (χ1v) is 11.6. The number of benzene rings is 4. The molecule has 0 unspecified atom stereocenters. The fourth-order valence-corrected chi connectivity index (χ4v) is 4.16. The zero-order valence-electron chi connectivity index (χ0n) is 17.4. The normalized spacial score (nSPS) is 10.8. The van der Waals surface area contributed by atoms with Crippen LogP contribution in [0.4, 0.5) is 0 Å². The molecule has 0 aliphatic carbocycles. The second-order valence-electron chi connectivity index (χ2n) is 7.15. The number of hydrogen-bond donors (Lipinski definition) is 2. The van der Waals surface area contributed by atoms with Crippen LogP contribution in [-0.4, -0.2) is 13.0 Å². The van der Waals surface area contributed by atoms with Gasteiger partial charge in [0.25, 0.3) is 10.1 Å². The van der Waals surface area contributed by atoms with Crippen LogP contribution in [0.15, 0.2) is 107 Å². The van der Waals surface area contributed by atoms with Gasteiger partial charge in [0, 0.05) is 4.90 Å². The van der Waals surface area contributed by atoms with E-state index in [-0.39, 0.29) is 4.90 Å². The summed E-state index contributed by atoms with van der Waals surface area (Å²) in [5, 5.41) is 0. The maximum absolute atomic E-state index is 10.5. The van der Waals surface area contributed by atoms with Crippen LogP contribution >= 0.6 is 12.6 Å². The monoisotopic (exact) mass is 448 g/mol. The molecule has 0 atom stereocenters. The van der Waals surface area contributed by atoms with Crippen molar-refractivity contribution in [2.45, 2.75) is 23.6 Å². The molecule has 0 radical (unpaired) electrons. The molecule has 0 saturated heterocycles. The van der Waals surface area contributed by atoms with Crippen LogP contribution < -0.4 is 0 Å². The highest BCUT2D eigenvalue weighted by Crippen LogP contribution is 2.36. The van der Waals surface area contributed by atoms with Gasteiger partial charge < -0.3 is 0 Å². The molecule has 0 saturated carbocycles. The number of rotatable bonds is 3. The summed E-state index contributed by atoms with van der Waals surface area (Å²) in [7, 11) is -4.02. The molecule has 3 nitrogen and oxygen atoms in total. The Bertz CT molecular complexity index is 1250. The highest BCUT2D eigenvalue weighted by molar-refractivity contribution is 7.85. The van der Waals surface area contributed by atoms with Gasteiger partial charge in [0.1, 0.15) is 0 Å².